The number of aryl methyl sites for hydroxylation is 1. The maximum Gasteiger partial charge on any atom is 0.174 e. The predicted octanol–water partition coefficient (Wildman–Crippen LogP) is 6.60. The quantitative estimate of drug-likeness (QED) is 0.245. The maximum atomic E-state index is 6.14. The molecule has 1 N–H and O–H groups in total. The lowest BCUT2D eigenvalue weighted by Crippen LogP contribution is -2.30. The first-order chi connectivity index (χ1) is 18.7. The van der Waals surface area contributed by atoms with Crippen LogP contribution in [-0.2, 0) is 6.54 Å². The van der Waals surface area contributed by atoms with E-state index in [1.807, 2.05) is 80.0 Å². The van der Waals surface area contributed by atoms with Gasteiger partial charge in [-0.3, -0.25) is 9.97 Å². The summed E-state index contributed by atoms with van der Waals surface area (Å²) in [5.41, 5.74) is 5.29. The summed E-state index contributed by atoms with van der Waals surface area (Å²) < 4.78 is 8.40. The first-order valence-electron chi connectivity index (χ1n) is 12.6. The standard InChI is InChI=1S/C31H27N5OS/c1-22-8-2-3-12-28(22)37-25-15-13-24(14-16-25)36-30(29(34-31(36)38)26-10-4-5-18-33-26)27-11-7-19-35(27)21-23-9-6-17-32-20-23/h2-20,29-30H,21H2,1H3,(H,34,38)/t29-,30+/m0/s1. The molecular weight excluding hydrogens is 490 g/mol. The minimum atomic E-state index is -0.117. The monoisotopic (exact) mass is 517 g/mol. The number of rotatable bonds is 7. The van der Waals surface area contributed by atoms with Gasteiger partial charge in [-0.25, -0.2) is 0 Å². The van der Waals surface area contributed by atoms with Crippen LogP contribution in [0.2, 0.25) is 0 Å². The van der Waals surface area contributed by atoms with Crippen molar-refractivity contribution in [3.63, 3.8) is 0 Å². The van der Waals surface area contributed by atoms with E-state index in [0.29, 0.717) is 11.7 Å². The van der Waals surface area contributed by atoms with Crippen LogP contribution in [0.15, 0.2) is 116 Å². The van der Waals surface area contributed by atoms with E-state index in [4.69, 9.17) is 17.0 Å². The third kappa shape index (κ3) is 4.76. The molecule has 0 spiro atoms. The number of anilines is 1. The Labute approximate surface area is 227 Å². The van der Waals surface area contributed by atoms with Crippen molar-refractivity contribution >= 4 is 23.0 Å². The molecule has 188 valence electrons. The van der Waals surface area contributed by atoms with E-state index in [9.17, 15) is 0 Å². The second-order valence-corrected chi connectivity index (χ2v) is 9.67. The SMILES string of the molecule is Cc1ccccc1Oc1ccc(N2C(=S)N[C@@H](c3ccccn3)[C@H]2c2cccn2Cc2cccnc2)cc1. The summed E-state index contributed by atoms with van der Waals surface area (Å²) >= 11 is 5.91. The highest BCUT2D eigenvalue weighted by molar-refractivity contribution is 7.80. The van der Waals surface area contributed by atoms with E-state index in [1.165, 1.54) is 0 Å². The van der Waals surface area contributed by atoms with Crippen LogP contribution in [0.25, 0.3) is 0 Å². The number of hydrogen-bond acceptors (Lipinski definition) is 4. The fraction of sp³-hybridized carbons (Fsp3) is 0.129. The van der Waals surface area contributed by atoms with Crippen LogP contribution in [0.3, 0.4) is 0 Å². The van der Waals surface area contributed by atoms with Crippen LogP contribution in [0, 0.1) is 6.92 Å². The normalized spacial score (nSPS) is 16.9. The fourth-order valence-electron chi connectivity index (χ4n) is 4.93. The molecule has 0 radical (unpaired) electrons. The van der Waals surface area contributed by atoms with Crippen molar-refractivity contribution in [1.82, 2.24) is 19.9 Å². The zero-order valence-electron chi connectivity index (χ0n) is 20.9. The van der Waals surface area contributed by atoms with Crippen LogP contribution in [0.1, 0.15) is 34.6 Å². The van der Waals surface area contributed by atoms with Gasteiger partial charge in [0.05, 0.1) is 11.7 Å². The summed E-state index contributed by atoms with van der Waals surface area (Å²) in [6.45, 7) is 2.76. The number of hydrogen-bond donors (Lipinski definition) is 1. The molecule has 2 aromatic carbocycles. The smallest absolute Gasteiger partial charge is 0.174 e. The average molecular weight is 518 g/mol. The van der Waals surface area contributed by atoms with Crippen molar-refractivity contribution in [3.8, 4) is 11.5 Å². The molecule has 1 fully saturated rings. The van der Waals surface area contributed by atoms with E-state index in [2.05, 4.69) is 61.3 Å². The van der Waals surface area contributed by atoms with Gasteiger partial charge in [0.25, 0.3) is 0 Å². The van der Waals surface area contributed by atoms with Crippen molar-refractivity contribution in [1.29, 1.82) is 0 Å². The minimum absolute atomic E-state index is 0.104. The number of ether oxygens (including phenoxy) is 1. The molecule has 0 amide bonds. The van der Waals surface area contributed by atoms with E-state index in [0.717, 1.165) is 39.7 Å². The summed E-state index contributed by atoms with van der Waals surface area (Å²) in [7, 11) is 0. The number of nitrogens with one attached hydrogen (secondary N) is 1. The van der Waals surface area contributed by atoms with Gasteiger partial charge in [-0.1, -0.05) is 30.3 Å². The molecule has 0 bridgehead atoms. The Bertz CT molecular complexity index is 1540. The highest BCUT2D eigenvalue weighted by atomic mass is 32.1. The highest BCUT2D eigenvalue weighted by Crippen LogP contribution is 2.42. The maximum absolute atomic E-state index is 6.14. The Morgan fingerprint density at radius 3 is 2.50 bits per heavy atom. The fourth-order valence-corrected chi connectivity index (χ4v) is 5.28. The van der Waals surface area contributed by atoms with Gasteiger partial charge >= 0.3 is 0 Å². The molecule has 0 saturated carbocycles. The van der Waals surface area contributed by atoms with Gasteiger partial charge in [-0.15, -0.1) is 0 Å². The number of para-hydroxylation sites is 1. The van der Waals surface area contributed by atoms with Crippen LogP contribution in [0.5, 0.6) is 11.5 Å². The molecule has 1 aliphatic rings. The number of nitrogens with zero attached hydrogens (tertiary/aromatic N) is 4. The summed E-state index contributed by atoms with van der Waals surface area (Å²) in [6.07, 6.45) is 7.63. The third-order valence-electron chi connectivity index (χ3n) is 6.78. The summed E-state index contributed by atoms with van der Waals surface area (Å²) in [6, 6.07) is 30.2. The van der Waals surface area contributed by atoms with E-state index in [1.54, 1.807) is 6.20 Å². The second-order valence-electron chi connectivity index (χ2n) is 9.28. The Balaban J connectivity index is 1.36. The van der Waals surface area contributed by atoms with Crippen molar-refractivity contribution in [2.75, 3.05) is 4.90 Å². The molecule has 6 nitrogen and oxygen atoms in total. The Hall–Kier alpha value is -4.49. The summed E-state index contributed by atoms with van der Waals surface area (Å²) in [4.78, 5) is 11.2. The van der Waals surface area contributed by atoms with Crippen LogP contribution >= 0.6 is 12.2 Å². The van der Waals surface area contributed by atoms with Gasteiger partial charge in [0.15, 0.2) is 5.11 Å². The molecule has 0 unspecified atom stereocenters. The third-order valence-corrected chi connectivity index (χ3v) is 7.09. The Morgan fingerprint density at radius 1 is 0.895 bits per heavy atom. The zero-order valence-corrected chi connectivity index (χ0v) is 21.8. The second kappa shape index (κ2) is 10.5. The van der Waals surface area contributed by atoms with E-state index in [-0.39, 0.29) is 12.1 Å². The average Bonchev–Trinajstić information content (AvgIpc) is 3.55. The van der Waals surface area contributed by atoms with Gasteiger partial charge in [0, 0.05) is 42.7 Å². The van der Waals surface area contributed by atoms with Gasteiger partial charge in [0.2, 0.25) is 0 Å². The topological polar surface area (TPSA) is 55.2 Å². The molecule has 6 rings (SSSR count). The predicted molar refractivity (Wildman–Crippen MR) is 153 cm³/mol. The largest absolute Gasteiger partial charge is 0.457 e. The zero-order chi connectivity index (χ0) is 25.9. The number of benzene rings is 2. The molecule has 1 aliphatic heterocycles. The Kier molecular flexibility index (Phi) is 6.58. The molecule has 4 heterocycles. The first kappa shape index (κ1) is 23.9. The summed E-state index contributed by atoms with van der Waals surface area (Å²) in [5, 5.41) is 4.21. The molecule has 1 saturated heterocycles. The van der Waals surface area contributed by atoms with Crippen LogP contribution in [-0.4, -0.2) is 19.6 Å². The van der Waals surface area contributed by atoms with Gasteiger partial charge in [-0.05, 0) is 90.9 Å². The van der Waals surface area contributed by atoms with Crippen molar-refractivity contribution in [3.05, 3.63) is 138 Å². The molecule has 5 aromatic rings. The molecule has 2 atom stereocenters. The molecular formula is C31H27N5OS. The Morgan fingerprint density at radius 2 is 1.74 bits per heavy atom. The van der Waals surface area contributed by atoms with Crippen LogP contribution < -0.4 is 15.0 Å². The van der Waals surface area contributed by atoms with Crippen LogP contribution in [0.4, 0.5) is 5.69 Å². The highest BCUT2D eigenvalue weighted by Gasteiger charge is 2.42. The van der Waals surface area contributed by atoms with Gasteiger partial charge < -0.3 is 19.5 Å². The van der Waals surface area contributed by atoms with Crippen molar-refractivity contribution in [2.45, 2.75) is 25.6 Å². The van der Waals surface area contributed by atoms with Crippen molar-refractivity contribution < 1.29 is 4.74 Å². The minimum Gasteiger partial charge on any atom is -0.457 e. The molecule has 3 aromatic heterocycles. The molecule has 38 heavy (non-hydrogen) atoms. The van der Waals surface area contributed by atoms with E-state index >= 15 is 0 Å². The summed E-state index contributed by atoms with van der Waals surface area (Å²) in [5.74, 6) is 1.62. The molecule has 7 heteroatoms. The van der Waals surface area contributed by atoms with Crippen molar-refractivity contribution in [2.24, 2.45) is 0 Å². The lowest BCUT2D eigenvalue weighted by Gasteiger charge is -2.29. The van der Waals surface area contributed by atoms with Gasteiger partial charge in [0.1, 0.15) is 17.5 Å². The number of thiocarbonyl (C=S) groups is 1. The lowest BCUT2D eigenvalue weighted by molar-refractivity contribution is 0.479. The number of pyridine rings is 2. The first-order valence-corrected chi connectivity index (χ1v) is 13.0. The van der Waals surface area contributed by atoms with Gasteiger partial charge in [-0.2, -0.15) is 0 Å². The number of aromatic nitrogens is 3. The molecule has 0 aliphatic carbocycles. The van der Waals surface area contributed by atoms with E-state index < -0.39 is 0 Å². The lowest BCUT2D eigenvalue weighted by atomic mass is 10.0.